The third kappa shape index (κ3) is 5.08. The lowest BCUT2D eigenvalue weighted by Gasteiger charge is -2.21. The average molecular weight is 221 g/mol. The van der Waals surface area contributed by atoms with Crippen LogP contribution in [0.4, 0.5) is 0 Å². The Morgan fingerprint density at radius 3 is 2.13 bits per heavy atom. The van der Waals surface area contributed by atoms with Crippen LogP contribution in [0.5, 0.6) is 0 Å². The van der Waals surface area contributed by atoms with Gasteiger partial charge in [-0.05, 0) is 5.92 Å². The highest BCUT2D eigenvalue weighted by Crippen LogP contribution is 2.02. The average Bonchev–Trinajstić information content (AvgIpc) is 2.15. The van der Waals surface area contributed by atoms with E-state index in [1.165, 1.54) is 0 Å². The van der Waals surface area contributed by atoms with Gasteiger partial charge in [0.15, 0.2) is 0 Å². The molecule has 0 saturated carbocycles. The molecule has 0 aliphatic rings. The molecular formula is C9H19NO5. The van der Waals surface area contributed by atoms with E-state index in [9.17, 15) is 9.90 Å². The number of aliphatic hydroxyl groups is 3. The van der Waals surface area contributed by atoms with Crippen molar-refractivity contribution < 1.29 is 25.2 Å². The Morgan fingerprint density at radius 2 is 1.80 bits per heavy atom. The molecule has 0 radical (unpaired) electrons. The summed E-state index contributed by atoms with van der Waals surface area (Å²) in [6.07, 6.45) is -2.42. The molecule has 0 amide bonds. The summed E-state index contributed by atoms with van der Waals surface area (Å²) < 4.78 is 0. The van der Waals surface area contributed by atoms with E-state index >= 15 is 0 Å². The van der Waals surface area contributed by atoms with Crippen molar-refractivity contribution in [2.75, 3.05) is 13.2 Å². The highest BCUT2D eigenvalue weighted by Gasteiger charge is 2.23. The lowest BCUT2D eigenvalue weighted by atomic mass is 10.0. The maximum atomic E-state index is 10.7. The topological polar surface area (TPSA) is 110 Å². The Labute approximate surface area is 88.5 Å². The van der Waals surface area contributed by atoms with Crippen LogP contribution in [0, 0.1) is 5.92 Å². The summed E-state index contributed by atoms with van der Waals surface area (Å²) in [6, 6.07) is -0.773. The predicted molar refractivity (Wildman–Crippen MR) is 53.4 cm³/mol. The number of carbonyl (C=O) groups is 1. The number of rotatable bonds is 7. The summed E-state index contributed by atoms with van der Waals surface area (Å²) >= 11 is 0. The molecule has 0 spiro atoms. The number of carboxylic acids is 1. The zero-order chi connectivity index (χ0) is 12.0. The first-order valence-corrected chi connectivity index (χ1v) is 4.83. The van der Waals surface area contributed by atoms with E-state index in [-0.39, 0.29) is 12.5 Å². The normalized spacial score (nSPS) is 17.5. The molecule has 0 fully saturated rings. The van der Waals surface area contributed by atoms with Crippen LogP contribution in [0.1, 0.15) is 13.8 Å². The molecule has 0 aliphatic heterocycles. The minimum Gasteiger partial charge on any atom is -0.480 e. The number of nitrogens with one attached hydrogen (secondary N) is 1. The van der Waals surface area contributed by atoms with Crippen molar-refractivity contribution in [1.82, 2.24) is 5.32 Å². The minimum atomic E-state index is -1.25. The molecule has 0 heterocycles. The monoisotopic (exact) mass is 221 g/mol. The van der Waals surface area contributed by atoms with Crippen molar-refractivity contribution >= 4 is 5.97 Å². The van der Waals surface area contributed by atoms with Crippen LogP contribution in [-0.4, -0.2) is 57.8 Å². The second-order valence-electron chi connectivity index (χ2n) is 3.79. The van der Waals surface area contributed by atoms with Gasteiger partial charge in [-0.3, -0.25) is 4.79 Å². The fourth-order valence-electron chi connectivity index (χ4n) is 1.11. The third-order valence-electron chi connectivity index (χ3n) is 2.11. The number of hydrogen-bond donors (Lipinski definition) is 5. The van der Waals surface area contributed by atoms with Crippen LogP contribution in [-0.2, 0) is 4.79 Å². The number of hydrogen-bond acceptors (Lipinski definition) is 5. The maximum Gasteiger partial charge on any atom is 0.320 e. The van der Waals surface area contributed by atoms with Gasteiger partial charge in [-0.2, -0.15) is 0 Å². The van der Waals surface area contributed by atoms with E-state index < -0.39 is 30.8 Å². The summed E-state index contributed by atoms with van der Waals surface area (Å²) in [4.78, 5) is 10.7. The number of aliphatic hydroxyl groups excluding tert-OH is 3. The molecule has 0 aromatic rings. The fraction of sp³-hybridized carbons (Fsp3) is 0.889. The molecule has 6 heteroatoms. The lowest BCUT2D eigenvalue weighted by molar-refractivity contribution is -0.140. The standard InChI is InChI=1S/C9H19NO5/c1-5(2)8(9(14)15)10-3-6(12)7(13)4-11/h5-8,10-13H,3-4H2,1-2H3,(H,14,15). The summed E-state index contributed by atoms with van der Waals surface area (Å²) in [5, 5.41) is 38.2. The molecule has 0 aliphatic carbocycles. The van der Waals surface area contributed by atoms with Crippen molar-refractivity contribution in [2.24, 2.45) is 5.92 Å². The number of carboxylic acid groups (broad SMARTS) is 1. The first kappa shape index (κ1) is 14.3. The zero-order valence-electron chi connectivity index (χ0n) is 8.92. The van der Waals surface area contributed by atoms with Crippen molar-refractivity contribution in [1.29, 1.82) is 0 Å². The number of aliphatic carboxylic acids is 1. The van der Waals surface area contributed by atoms with Crippen molar-refractivity contribution in [3.8, 4) is 0 Å². The summed E-state index contributed by atoms with van der Waals surface area (Å²) in [5.41, 5.74) is 0. The van der Waals surface area contributed by atoms with Gasteiger partial charge in [0.05, 0.1) is 12.7 Å². The summed E-state index contributed by atoms with van der Waals surface area (Å²) in [6.45, 7) is 2.85. The highest BCUT2D eigenvalue weighted by molar-refractivity contribution is 5.73. The highest BCUT2D eigenvalue weighted by atomic mass is 16.4. The zero-order valence-corrected chi connectivity index (χ0v) is 8.92. The van der Waals surface area contributed by atoms with E-state index in [1.54, 1.807) is 13.8 Å². The van der Waals surface area contributed by atoms with Crippen LogP contribution >= 0.6 is 0 Å². The lowest BCUT2D eigenvalue weighted by Crippen LogP contribution is -2.47. The molecule has 0 rings (SSSR count). The van der Waals surface area contributed by atoms with Crippen LogP contribution in [0.3, 0.4) is 0 Å². The van der Waals surface area contributed by atoms with Gasteiger partial charge in [-0.1, -0.05) is 13.8 Å². The smallest absolute Gasteiger partial charge is 0.320 e. The summed E-state index contributed by atoms with van der Waals surface area (Å²) in [7, 11) is 0. The maximum absolute atomic E-state index is 10.7. The Bertz CT molecular complexity index is 197. The van der Waals surface area contributed by atoms with Gasteiger partial charge in [0.25, 0.3) is 0 Å². The van der Waals surface area contributed by atoms with Gasteiger partial charge in [-0.15, -0.1) is 0 Å². The first-order chi connectivity index (χ1) is 6.90. The van der Waals surface area contributed by atoms with Crippen molar-refractivity contribution in [3.63, 3.8) is 0 Å². The van der Waals surface area contributed by atoms with Gasteiger partial charge < -0.3 is 25.7 Å². The first-order valence-electron chi connectivity index (χ1n) is 4.83. The van der Waals surface area contributed by atoms with Gasteiger partial charge in [-0.25, -0.2) is 0 Å². The van der Waals surface area contributed by atoms with Gasteiger partial charge >= 0.3 is 5.97 Å². The molecule has 3 atom stereocenters. The van der Waals surface area contributed by atoms with Crippen molar-refractivity contribution in [2.45, 2.75) is 32.1 Å². The van der Waals surface area contributed by atoms with Gasteiger partial charge in [0.2, 0.25) is 0 Å². The summed E-state index contributed by atoms with van der Waals surface area (Å²) in [5.74, 6) is -1.13. The molecule has 0 aromatic carbocycles. The molecule has 15 heavy (non-hydrogen) atoms. The molecule has 0 saturated heterocycles. The molecular weight excluding hydrogens is 202 g/mol. The largest absolute Gasteiger partial charge is 0.480 e. The molecule has 90 valence electrons. The Hall–Kier alpha value is -0.690. The van der Waals surface area contributed by atoms with Crippen LogP contribution in [0.15, 0.2) is 0 Å². The molecule has 0 bridgehead atoms. The SMILES string of the molecule is CC(C)C(NCC(O)C(O)CO)C(=O)O. The Kier molecular flexibility index (Phi) is 6.42. The molecule has 0 aromatic heterocycles. The quantitative estimate of drug-likeness (QED) is 0.354. The van der Waals surface area contributed by atoms with Crippen molar-refractivity contribution in [3.05, 3.63) is 0 Å². The fourth-order valence-corrected chi connectivity index (χ4v) is 1.11. The Morgan fingerprint density at radius 1 is 1.27 bits per heavy atom. The molecule has 5 N–H and O–H groups in total. The third-order valence-corrected chi connectivity index (χ3v) is 2.11. The molecule has 6 nitrogen and oxygen atoms in total. The van der Waals surface area contributed by atoms with Gasteiger partial charge in [0.1, 0.15) is 12.1 Å². The van der Waals surface area contributed by atoms with Gasteiger partial charge in [0, 0.05) is 6.54 Å². The second kappa shape index (κ2) is 6.73. The van der Waals surface area contributed by atoms with Crippen LogP contribution < -0.4 is 5.32 Å². The predicted octanol–water partition coefficient (Wildman–Crippen LogP) is -1.60. The van der Waals surface area contributed by atoms with E-state index in [2.05, 4.69) is 5.32 Å². The van der Waals surface area contributed by atoms with E-state index in [0.717, 1.165) is 0 Å². The van der Waals surface area contributed by atoms with Crippen LogP contribution in [0.2, 0.25) is 0 Å². The van der Waals surface area contributed by atoms with E-state index in [4.69, 9.17) is 15.3 Å². The Balaban J connectivity index is 4.05. The second-order valence-corrected chi connectivity index (χ2v) is 3.79. The van der Waals surface area contributed by atoms with E-state index in [0.29, 0.717) is 0 Å². The minimum absolute atomic E-state index is 0.0725. The molecule has 3 unspecified atom stereocenters. The van der Waals surface area contributed by atoms with Crippen LogP contribution in [0.25, 0.3) is 0 Å². The van der Waals surface area contributed by atoms with E-state index in [1.807, 2.05) is 0 Å².